The largest absolute Gasteiger partial charge is 0.268 e. The van der Waals surface area contributed by atoms with Gasteiger partial charge in [-0.1, -0.05) is 41.6 Å². The van der Waals surface area contributed by atoms with E-state index >= 15 is 0 Å². The maximum atomic E-state index is 13.2. The number of halogens is 1. The third-order valence-electron chi connectivity index (χ3n) is 4.26. The van der Waals surface area contributed by atoms with Gasteiger partial charge >= 0.3 is 0 Å². The van der Waals surface area contributed by atoms with E-state index in [1.165, 1.54) is 11.8 Å². The van der Waals surface area contributed by atoms with Crippen molar-refractivity contribution in [2.24, 2.45) is 0 Å². The SMILES string of the molecule is CCS(=O)(=O)NCCSc1nc2ccccc2c(=O)n1-c1cccc(Cl)c1C. The third kappa shape index (κ3) is 4.41. The lowest BCUT2D eigenvalue weighted by atomic mass is 10.2. The fourth-order valence-corrected chi connectivity index (χ4v) is 4.48. The summed E-state index contributed by atoms with van der Waals surface area (Å²) >= 11 is 7.58. The van der Waals surface area contributed by atoms with Crippen LogP contribution in [-0.4, -0.2) is 36.0 Å². The Hall–Kier alpha value is -1.87. The molecule has 148 valence electrons. The number of para-hydroxylation sites is 1. The molecule has 0 unspecified atom stereocenters. The number of aromatic nitrogens is 2. The minimum absolute atomic E-state index is 0.0261. The van der Waals surface area contributed by atoms with Gasteiger partial charge in [0.2, 0.25) is 10.0 Å². The molecule has 9 heteroatoms. The number of benzene rings is 2. The average Bonchev–Trinajstić information content (AvgIpc) is 2.68. The van der Waals surface area contributed by atoms with E-state index in [1.54, 1.807) is 41.8 Å². The number of hydrogen-bond acceptors (Lipinski definition) is 5. The first-order chi connectivity index (χ1) is 13.3. The van der Waals surface area contributed by atoms with Crippen molar-refractivity contribution in [1.82, 2.24) is 14.3 Å². The highest BCUT2D eigenvalue weighted by atomic mass is 35.5. The number of nitrogens with one attached hydrogen (secondary N) is 1. The molecule has 0 spiro atoms. The number of fused-ring (bicyclic) bond motifs is 1. The van der Waals surface area contributed by atoms with Crippen LogP contribution in [0.15, 0.2) is 52.4 Å². The number of rotatable bonds is 7. The second-order valence-electron chi connectivity index (χ2n) is 6.08. The van der Waals surface area contributed by atoms with Crippen LogP contribution in [0.25, 0.3) is 16.6 Å². The van der Waals surface area contributed by atoms with Gasteiger partial charge in [0.05, 0.1) is 22.3 Å². The van der Waals surface area contributed by atoms with Crippen LogP contribution in [-0.2, 0) is 10.0 Å². The molecule has 2 aromatic carbocycles. The molecule has 28 heavy (non-hydrogen) atoms. The van der Waals surface area contributed by atoms with Gasteiger partial charge in [0, 0.05) is 17.3 Å². The molecule has 0 bridgehead atoms. The summed E-state index contributed by atoms with van der Waals surface area (Å²) in [5.41, 5.74) is 1.84. The first-order valence-corrected chi connectivity index (χ1v) is 11.7. The number of thioether (sulfide) groups is 1. The van der Waals surface area contributed by atoms with E-state index in [9.17, 15) is 13.2 Å². The smallest absolute Gasteiger partial charge is 0.266 e. The van der Waals surface area contributed by atoms with E-state index in [-0.39, 0.29) is 17.9 Å². The Balaban J connectivity index is 2.05. The predicted octanol–water partition coefficient (Wildman–Crippen LogP) is 3.38. The van der Waals surface area contributed by atoms with Crippen LogP contribution >= 0.6 is 23.4 Å². The molecule has 0 atom stereocenters. The second kappa shape index (κ2) is 8.65. The highest BCUT2D eigenvalue weighted by molar-refractivity contribution is 7.99. The molecular formula is C19H20ClN3O3S2. The van der Waals surface area contributed by atoms with Gasteiger partial charge in [0.25, 0.3) is 5.56 Å². The van der Waals surface area contributed by atoms with Gasteiger partial charge < -0.3 is 0 Å². The molecule has 0 radical (unpaired) electrons. The first kappa shape index (κ1) is 20.9. The van der Waals surface area contributed by atoms with Crippen molar-refractivity contribution in [1.29, 1.82) is 0 Å². The molecule has 1 aromatic heterocycles. The van der Waals surface area contributed by atoms with Crippen molar-refractivity contribution in [3.05, 3.63) is 63.4 Å². The second-order valence-corrected chi connectivity index (χ2v) is 9.65. The van der Waals surface area contributed by atoms with Crippen LogP contribution in [0.1, 0.15) is 12.5 Å². The maximum Gasteiger partial charge on any atom is 0.266 e. The van der Waals surface area contributed by atoms with E-state index in [2.05, 4.69) is 9.71 Å². The number of hydrogen-bond donors (Lipinski definition) is 1. The summed E-state index contributed by atoms with van der Waals surface area (Å²) in [5.74, 6) is 0.460. The van der Waals surface area contributed by atoms with Gasteiger partial charge in [-0.3, -0.25) is 9.36 Å². The molecule has 0 aliphatic rings. The lowest BCUT2D eigenvalue weighted by Gasteiger charge is -2.16. The Morgan fingerprint density at radius 2 is 1.93 bits per heavy atom. The van der Waals surface area contributed by atoms with Crippen molar-refractivity contribution in [3.63, 3.8) is 0 Å². The molecule has 3 aromatic rings. The summed E-state index contributed by atoms with van der Waals surface area (Å²) in [5, 5.41) is 1.56. The van der Waals surface area contributed by atoms with Crippen molar-refractivity contribution >= 4 is 44.3 Å². The zero-order chi connectivity index (χ0) is 20.3. The molecule has 0 fully saturated rings. The highest BCUT2D eigenvalue weighted by Crippen LogP contribution is 2.26. The van der Waals surface area contributed by atoms with E-state index < -0.39 is 10.0 Å². The molecule has 1 N–H and O–H groups in total. The van der Waals surface area contributed by atoms with Gasteiger partial charge in [0.1, 0.15) is 0 Å². The normalized spacial score (nSPS) is 11.8. The standard InChI is InChI=1S/C19H20ClN3O3S2/c1-3-28(25,26)21-11-12-27-19-22-16-9-5-4-7-14(16)18(24)23(19)17-10-6-8-15(20)13(17)2/h4-10,21H,3,11-12H2,1-2H3. The van der Waals surface area contributed by atoms with Gasteiger partial charge in [-0.2, -0.15) is 0 Å². The third-order valence-corrected chi connectivity index (χ3v) is 7.01. The first-order valence-electron chi connectivity index (χ1n) is 8.71. The quantitative estimate of drug-likeness (QED) is 0.348. The molecular weight excluding hydrogens is 418 g/mol. The van der Waals surface area contributed by atoms with E-state index in [1.807, 2.05) is 19.1 Å². The Morgan fingerprint density at radius 3 is 2.68 bits per heavy atom. The summed E-state index contributed by atoms with van der Waals surface area (Å²) in [6.45, 7) is 3.68. The van der Waals surface area contributed by atoms with E-state index in [0.29, 0.717) is 32.5 Å². The molecule has 0 amide bonds. The van der Waals surface area contributed by atoms with Crippen LogP contribution in [0.3, 0.4) is 0 Å². The van der Waals surface area contributed by atoms with Gasteiger partial charge in [-0.15, -0.1) is 0 Å². The van der Waals surface area contributed by atoms with Crippen LogP contribution in [0.5, 0.6) is 0 Å². The minimum atomic E-state index is -3.26. The fraction of sp³-hybridized carbons (Fsp3) is 0.263. The Kier molecular flexibility index (Phi) is 6.44. The summed E-state index contributed by atoms with van der Waals surface area (Å²) in [6, 6.07) is 12.5. The van der Waals surface area contributed by atoms with Crippen molar-refractivity contribution in [3.8, 4) is 5.69 Å². The number of sulfonamides is 1. The average molecular weight is 438 g/mol. The molecule has 1 heterocycles. The van der Waals surface area contributed by atoms with Crippen LogP contribution in [0.4, 0.5) is 0 Å². The van der Waals surface area contributed by atoms with Gasteiger partial charge in [-0.25, -0.2) is 18.1 Å². The zero-order valence-corrected chi connectivity index (χ0v) is 17.9. The topological polar surface area (TPSA) is 81.1 Å². The summed E-state index contributed by atoms with van der Waals surface area (Å²) in [7, 11) is -3.26. The molecule has 3 rings (SSSR count). The fourth-order valence-electron chi connectivity index (χ4n) is 2.70. The molecule has 0 aliphatic carbocycles. The van der Waals surface area contributed by atoms with Crippen molar-refractivity contribution in [2.75, 3.05) is 18.1 Å². The highest BCUT2D eigenvalue weighted by Gasteiger charge is 2.16. The minimum Gasteiger partial charge on any atom is -0.268 e. The maximum absolute atomic E-state index is 13.2. The lowest BCUT2D eigenvalue weighted by Crippen LogP contribution is -2.28. The van der Waals surface area contributed by atoms with E-state index in [4.69, 9.17) is 11.6 Å². The lowest BCUT2D eigenvalue weighted by molar-refractivity contribution is 0.585. The molecule has 0 aliphatic heterocycles. The number of nitrogens with zero attached hydrogens (tertiary/aromatic N) is 2. The van der Waals surface area contributed by atoms with E-state index in [0.717, 1.165) is 5.56 Å². The van der Waals surface area contributed by atoms with Crippen LogP contribution < -0.4 is 10.3 Å². The van der Waals surface area contributed by atoms with Crippen LogP contribution in [0, 0.1) is 6.92 Å². The Labute approximate surface area is 173 Å². The van der Waals surface area contributed by atoms with Crippen molar-refractivity contribution < 1.29 is 8.42 Å². The predicted molar refractivity (Wildman–Crippen MR) is 115 cm³/mol. The zero-order valence-electron chi connectivity index (χ0n) is 15.5. The molecule has 0 saturated carbocycles. The Morgan fingerprint density at radius 1 is 1.18 bits per heavy atom. The van der Waals surface area contributed by atoms with Crippen molar-refractivity contribution in [2.45, 2.75) is 19.0 Å². The summed E-state index contributed by atoms with van der Waals surface area (Å²) < 4.78 is 27.3. The molecule has 6 nitrogen and oxygen atoms in total. The van der Waals surface area contributed by atoms with Crippen LogP contribution in [0.2, 0.25) is 5.02 Å². The Bertz CT molecular complexity index is 1180. The monoisotopic (exact) mass is 437 g/mol. The molecule has 0 saturated heterocycles. The van der Waals surface area contributed by atoms with Gasteiger partial charge in [-0.05, 0) is 43.7 Å². The summed E-state index contributed by atoms with van der Waals surface area (Å²) in [4.78, 5) is 17.8. The summed E-state index contributed by atoms with van der Waals surface area (Å²) in [6.07, 6.45) is 0. The van der Waals surface area contributed by atoms with Gasteiger partial charge in [0.15, 0.2) is 5.16 Å².